The third kappa shape index (κ3) is 2.16. The summed E-state index contributed by atoms with van der Waals surface area (Å²) in [4.78, 5) is 4.16. The predicted molar refractivity (Wildman–Crippen MR) is 63.1 cm³/mol. The van der Waals surface area contributed by atoms with Crippen molar-refractivity contribution in [2.45, 2.75) is 38.5 Å². The van der Waals surface area contributed by atoms with Gasteiger partial charge in [0.25, 0.3) is 0 Å². The maximum atomic E-state index is 6.00. The van der Waals surface area contributed by atoms with Crippen molar-refractivity contribution in [1.82, 2.24) is 4.98 Å². The van der Waals surface area contributed by atoms with Crippen LogP contribution in [0.4, 0.5) is 0 Å². The van der Waals surface area contributed by atoms with Crippen molar-refractivity contribution in [1.29, 1.82) is 0 Å². The van der Waals surface area contributed by atoms with Gasteiger partial charge in [0.2, 0.25) is 0 Å². The van der Waals surface area contributed by atoms with E-state index in [0.29, 0.717) is 5.15 Å². The summed E-state index contributed by atoms with van der Waals surface area (Å²) in [5.74, 6) is 2.68. The monoisotopic (exact) mass is 219 g/mol. The van der Waals surface area contributed by atoms with E-state index < -0.39 is 0 Å². The molecule has 0 amide bonds. The molecule has 78 valence electrons. The highest BCUT2D eigenvalue weighted by molar-refractivity contribution is 6.30. The molecule has 1 aromatic rings. The van der Waals surface area contributed by atoms with Crippen molar-refractivity contribution in [2.75, 3.05) is 0 Å². The maximum Gasteiger partial charge on any atom is 0.144 e. The van der Waals surface area contributed by atoms with Gasteiger partial charge >= 0.3 is 0 Å². The zero-order valence-electron chi connectivity index (χ0n) is 8.72. The summed E-state index contributed by atoms with van der Waals surface area (Å²) in [6, 6.07) is 0. The topological polar surface area (TPSA) is 12.9 Å². The molecule has 2 rings (SSSR count). The Labute approximate surface area is 95.9 Å². The molecule has 2 heteroatoms. The number of aromatic nitrogens is 1. The molecule has 0 unspecified atom stereocenters. The minimum Gasteiger partial charge on any atom is -0.243 e. The molecule has 15 heavy (non-hydrogen) atoms. The summed E-state index contributed by atoms with van der Waals surface area (Å²) >= 11 is 6.00. The molecule has 0 bridgehead atoms. The molecule has 1 nitrogen and oxygen atoms in total. The molecule has 1 aliphatic carbocycles. The molecule has 0 N–H and O–H groups in total. The number of halogens is 1. The zero-order valence-corrected chi connectivity index (χ0v) is 9.48. The fourth-order valence-corrected chi connectivity index (χ4v) is 2.40. The van der Waals surface area contributed by atoms with Gasteiger partial charge in [-0.25, -0.2) is 4.98 Å². The van der Waals surface area contributed by atoms with E-state index >= 15 is 0 Å². The Kier molecular flexibility index (Phi) is 3.28. The Morgan fingerprint density at radius 3 is 2.67 bits per heavy atom. The van der Waals surface area contributed by atoms with Crippen LogP contribution in [0.1, 0.15) is 42.4 Å². The Hall–Kier alpha value is -1.00. The quantitative estimate of drug-likeness (QED) is 0.482. The average molecular weight is 220 g/mol. The van der Waals surface area contributed by atoms with Crippen LogP contribution in [0.3, 0.4) is 0 Å². The molecule has 0 fully saturated rings. The fourth-order valence-electron chi connectivity index (χ4n) is 2.18. The van der Waals surface area contributed by atoms with Gasteiger partial charge in [-0.1, -0.05) is 30.4 Å². The first-order valence-electron chi connectivity index (χ1n) is 5.46. The largest absolute Gasteiger partial charge is 0.243 e. The molecule has 0 spiro atoms. The minimum absolute atomic E-state index is 0.483. The molecule has 1 aromatic heterocycles. The van der Waals surface area contributed by atoms with Gasteiger partial charge in [0, 0.05) is 6.20 Å². The molecular weight excluding hydrogens is 206 g/mol. The lowest BCUT2D eigenvalue weighted by Gasteiger charge is -2.15. The number of hydrogen-bond acceptors (Lipinski definition) is 1. The highest BCUT2D eigenvalue weighted by Crippen LogP contribution is 2.26. The van der Waals surface area contributed by atoms with Crippen molar-refractivity contribution >= 4 is 11.6 Å². The SMILES string of the molecule is C#Cc1c(Cl)ncc2c1CCCCCC2. The maximum absolute atomic E-state index is 6.00. The number of nitrogens with zero attached hydrogens (tertiary/aromatic N) is 1. The summed E-state index contributed by atoms with van der Waals surface area (Å²) in [6.07, 6.45) is 14.6. The smallest absolute Gasteiger partial charge is 0.144 e. The highest BCUT2D eigenvalue weighted by atomic mass is 35.5. The first kappa shape index (κ1) is 10.5. The number of terminal acetylenes is 1. The lowest BCUT2D eigenvalue weighted by atomic mass is 9.92. The Balaban J connectivity index is 2.47. The average Bonchev–Trinajstić information content (AvgIpc) is 2.20. The van der Waals surface area contributed by atoms with Gasteiger partial charge in [0.15, 0.2) is 0 Å². The molecule has 0 aromatic carbocycles. The first-order valence-corrected chi connectivity index (χ1v) is 5.83. The normalized spacial score (nSPS) is 16.0. The summed E-state index contributed by atoms with van der Waals surface area (Å²) in [7, 11) is 0. The van der Waals surface area contributed by atoms with Gasteiger partial charge in [-0.3, -0.25) is 0 Å². The summed E-state index contributed by atoms with van der Waals surface area (Å²) in [6.45, 7) is 0. The third-order valence-electron chi connectivity index (χ3n) is 3.00. The van der Waals surface area contributed by atoms with Gasteiger partial charge in [0.1, 0.15) is 5.15 Å². The second-order valence-corrected chi connectivity index (χ2v) is 4.34. The van der Waals surface area contributed by atoms with Gasteiger partial charge < -0.3 is 0 Å². The van der Waals surface area contributed by atoms with E-state index in [1.165, 1.54) is 36.8 Å². The van der Waals surface area contributed by atoms with Crippen LogP contribution in [-0.2, 0) is 12.8 Å². The molecule has 1 heterocycles. The molecule has 0 atom stereocenters. The third-order valence-corrected chi connectivity index (χ3v) is 3.28. The van der Waals surface area contributed by atoms with Crippen LogP contribution >= 0.6 is 11.6 Å². The van der Waals surface area contributed by atoms with E-state index in [4.69, 9.17) is 18.0 Å². The number of hydrogen-bond donors (Lipinski definition) is 0. The zero-order chi connectivity index (χ0) is 10.7. The van der Waals surface area contributed by atoms with E-state index in [1.807, 2.05) is 6.20 Å². The van der Waals surface area contributed by atoms with Gasteiger partial charge in [-0.05, 0) is 36.8 Å². The standard InChI is InChI=1S/C13H14ClN/c1-2-11-12-8-6-4-3-5-7-10(12)9-15-13(11)14/h1,9H,3-8H2. The lowest BCUT2D eigenvalue weighted by molar-refractivity contribution is 0.615. The Bertz CT molecular complexity index is 404. The second kappa shape index (κ2) is 4.68. The second-order valence-electron chi connectivity index (χ2n) is 3.99. The number of aryl methyl sites for hydroxylation is 1. The molecule has 1 aliphatic rings. The van der Waals surface area contributed by atoms with Crippen molar-refractivity contribution in [3.8, 4) is 12.3 Å². The number of rotatable bonds is 0. The van der Waals surface area contributed by atoms with Crippen LogP contribution in [0.2, 0.25) is 5.15 Å². The Morgan fingerprint density at radius 2 is 1.93 bits per heavy atom. The molecule has 0 radical (unpaired) electrons. The van der Waals surface area contributed by atoms with Gasteiger partial charge in [-0.2, -0.15) is 0 Å². The van der Waals surface area contributed by atoms with Crippen LogP contribution in [0.25, 0.3) is 0 Å². The van der Waals surface area contributed by atoms with E-state index in [0.717, 1.165) is 18.4 Å². The summed E-state index contributed by atoms with van der Waals surface area (Å²) in [5, 5.41) is 0.483. The summed E-state index contributed by atoms with van der Waals surface area (Å²) < 4.78 is 0. The first-order chi connectivity index (χ1) is 7.33. The minimum atomic E-state index is 0.483. The Morgan fingerprint density at radius 1 is 1.20 bits per heavy atom. The van der Waals surface area contributed by atoms with Crippen molar-refractivity contribution < 1.29 is 0 Å². The van der Waals surface area contributed by atoms with Gasteiger partial charge in [0.05, 0.1) is 5.56 Å². The molecule has 0 saturated carbocycles. The van der Waals surface area contributed by atoms with Crippen molar-refractivity contribution in [2.24, 2.45) is 0 Å². The lowest BCUT2D eigenvalue weighted by Crippen LogP contribution is -2.04. The molecule has 0 saturated heterocycles. The molecule has 0 aliphatic heterocycles. The predicted octanol–water partition coefficient (Wildman–Crippen LogP) is 3.38. The number of pyridine rings is 1. The van der Waals surface area contributed by atoms with Crippen LogP contribution in [0, 0.1) is 12.3 Å². The van der Waals surface area contributed by atoms with Crippen LogP contribution < -0.4 is 0 Å². The van der Waals surface area contributed by atoms with E-state index in [-0.39, 0.29) is 0 Å². The van der Waals surface area contributed by atoms with Gasteiger partial charge in [-0.15, -0.1) is 6.42 Å². The highest BCUT2D eigenvalue weighted by Gasteiger charge is 2.13. The number of fused-ring (bicyclic) bond motifs is 1. The fraction of sp³-hybridized carbons (Fsp3) is 0.462. The van der Waals surface area contributed by atoms with Crippen molar-refractivity contribution in [3.05, 3.63) is 28.0 Å². The van der Waals surface area contributed by atoms with E-state index in [9.17, 15) is 0 Å². The van der Waals surface area contributed by atoms with Crippen LogP contribution in [0.5, 0.6) is 0 Å². The summed E-state index contributed by atoms with van der Waals surface area (Å²) in [5.41, 5.74) is 3.38. The molecular formula is C13H14ClN. The van der Waals surface area contributed by atoms with Crippen LogP contribution in [-0.4, -0.2) is 4.98 Å². The van der Waals surface area contributed by atoms with E-state index in [1.54, 1.807) is 0 Å². The van der Waals surface area contributed by atoms with Crippen LogP contribution in [0.15, 0.2) is 6.20 Å². The van der Waals surface area contributed by atoms with E-state index in [2.05, 4.69) is 10.9 Å². The van der Waals surface area contributed by atoms with Crippen molar-refractivity contribution in [3.63, 3.8) is 0 Å².